The molecule has 0 aliphatic heterocycles. The van der Waals surface area contributed by atoms with E-state index in [0.717, 1.165) is 12.3 Å². The first kappa shape index (κ1) is 20.2. The average Bonchev–Trinajstić information content (AvgIpc) is 2.59. The van der Waals surface area contributed by atoms with Crippen LogP contribution in [0.15, 0.2) is 36.5 Å². The van der Waals surface area contributed by atoms with E-state index in [9.17, 15) is 26.7 Å². The summed E-state index contributed by atoms with van der Waals surface area (Å²) >= 11 is 0. The van der Waals surface area contributed by atoms with Crippen LogP contribution in [0.1, 0.15) is 10.4 Å². The fraction of sp³-hybridized carbons (Fsp3) is 0.250. The fourth-order valence-electron chi connectivity index (χ4n) is 1.97. The predicted molar refractivity (Wildman–Crippen MR) is 83.4 cm³/mol. The molecule has 6 nitrogen and oxygen atoms in total. The lowest BCUT2D eigenvalue weighted by molar-refractivity contribution is -0.154. The third-order valence-corrected chi connectivity index (χ3v) is 3.03. The van der Waals surface area contributed by atoms with E-state index < -0.39 is 31.2 Å². The zero-order valence-electron chi connectivity index (χ0n) is 13.7. The van der Waals surface area contributed by atoms with E-state index in [0.29, 0.717) is 0 Å². The minimum Gasteiger partial charge on any atom is -0.493 e. The van der Waals surface area contributed by atoms with Gasteiger partial charge in [0.05, 0.1) is 7.11 Å². The molecule has 0 aliphatic carbocycles. The van der Waals surface area contributed by atoms with Gasteiger partial charge in [0.2, 0.25) is 5.88 Å². The van der Waals surface area contributed by atoms with Crippen LogP contribution in [0.25, 0.3) is 0 Å². The van der Waals surface area contributed by atoms with Crippen molar-refractivity contribution in [1.82, 2.24) is 4.98 Å². The van der Waals surface area contributed by atoms with Gasteiger partial charge in [0, 0.05) is 18.0 Å². The van der Waals surface area contributed by atoms with Crippen LogP contribution in [0.5, 0.6) is 17.4 Å². The Bertz CT molecular complexity index is 799. The molecule has 1 aromatic heterocycles. The molecule has 0 saturated carbocycles. The predicted octanol–water partition coefficient (Wildman–Crippen LogP) is 3.89. The molecule has 11 heteroatoms. The van der Waals surface area contributed by atoms with Gasteiger partial charge in [-0.05, 0) is 24.3 Å². The van der Waals surface area contributed by atoms with Crippen LogP contribution in [0.3, 0.4) is 0 Å². The second-order valence-electron chi connectivity index (χ2n) is 4.96. The molecular formula is C16H13F5N2O4. The van der Waals surface area contributed by atoms with Gasteiger partial charge in [-0.1, -0.05) is 0 Å². The molecule has 146 valence electrons. The normalized spacial score (nSPS) is 11.2. The molecule has 1 amide bonds. The molecule has 0 atom stereocenters. The first-order valence-electron chi connectivity index (χ1n) is 7.28. The summed E-state index contributed by atoms with van der Waals surface area (Å²) in [4.78, 5) is 15.9. The van der Waals surface area contributed by atoms with Crippen LogP contribution in [0.2, 0.25) is 0 Å². The van der Waals surface area contributed by atoms with Gasteiger partial charge in [-0.3, -0.25) is 4.79 Å². The average molecular weight is 392 g/mol. The number of halogens is 5. The summed E-state index contributed by atoms with van der Waals surface area (Å²) in [5.41, 5.74) is -0.226. The summed E-state index contributed by atoms with van der Waals surface area (Å²) in [6, 6.07) is 6.22. The van der Waals surface area contributed by atoms with Crippen molar-refractivity contribution >= 4 is 11.6 Å². The lowest BCUT2D eigenvalue weighted by atomic mass is 10.2. The van der Waals surface area contributed by atoms with Crippen molar-refractivity contribution in [3.63, 3.8) is 0 Å². The maximum Gasteiger partial charge on any atom is 0.422 e. The standard InChI is InChI=1S/C16H13F5N2O4/c1-25-11-5-4-9(7-12(11)27-15(17)18)23-13(24)10-3-2-6-22-14(10)26-8-16(19,20)21/h2-7,15H,8H2,1H3,(H,23,24). The Kier molecular flexibility index (Phi) is 6.37. The van der Waals surface area contributed by atoms with Crippen LogP contribution in [0.4, 0.5) is 27.6 Å². The molecule has 1 N–H and O–H groups in total. The highest BCUT2D eigenvalue weighted by molar-refractivity contribution is 6.05. The minimum absolute atomic E-state index is 0.00359. The Morgan fingerprint density at radius 1 is 1.22 bits per heavy atom. The quantitative estimate of drug-likeness (QED) is 0.725. The lowest BCUT2D eigenvalue weighted by Gasteiger charge is -2.14. The Morgan fingerprint density at radius 3 is 2.59 bits per heavy atom. The van der Waals surface area contributed by atoms with Gasteiger partial charge < -0.3 is 19.5 Å². The molecule has 0 radical (unpaired) electrons. The molecule has 1 heterocycles. The Hall–Kier alpha value is -3.11. The largest absolute Gasteiger partial charge is 0.493 e. The summed E-state index contributed by atoms with van der Waals surface area (Å²) < 4.78 is 75.5. The topological polar surface area (TPSA) is 69.7 Å². The number of benzene rings is 1. The van der Waals surface area contributed by atoms with Crippen molar-refractivity contribution in [3.8, 4) is 17.4 Å². The van der Waals surface area contributed by atoms with E-state index in [4.69, 9.17) is 4.74 Å². The second kappa shape index (κ2) is 8.52. The Balaban J connectivity index is 2.20. The molecule has 0 spiro atoms. The first-order valence-corrected chi connectivity index (χ1v) is 7.28. The number of alkyl halides is 5. The molecular weight excluding hydrogens is 379 g/mol. The highest BCUT2D eigenvalue weighted by Crippen LogP contribution is 2.32. The highest BCUT2D eigenvalue weighted by atomic mass is 19.4. The number of carbonyl (C=O) groups excluding carboxylic acids is 1. The zero-order valence-corrected chi connectivity index (χ0v) is 13.7. The van der Waals surface area contributed by atoms with Gasteiger partial charge in [-0.25, -0.2) is 4.98 Å². The van der Waals surface area contributed by atoms with Crippen LogP contribution in [-0.2, 0) is 0 Å². The molecule has 0 fully saturated rings. The summed E-state index contributed by atoms with van der Waals surface area (Å²) in [6.07, 6.45) is -3.45. The molecule has 1 aromatic carbocycles. The monoisotopic (exact) mass is 392 g/mol. The van der Waals surface area contributed by atoms with Crippen molar-refractivity contribution in [2.45, 2.75) is 12.8 Å². The van der Waals surface area contributed by atoms with Gasteiger partial charge in [0.15, 0.2) is 18.1 Å². The Morgan fingerprint density at radius 2 is 1.96 bits per heavy atom. The van der Waals surface area contributed by atoms with Gasteiger partial charge in [0.25, 0.3) is 5.91 Å². The summed E-state index contributed by atoms with van der Waals surface area (Å²) in [5, 5.41) is 2.34. The number of aromatic nitrogens is 1. The summed E-state index contributed by atoms with van der Waals surface area (Å²) in [6.45, 7) is -4.75. The molecule has 27 heavy (non-hydrogen) atoms. The number of ether oxygens (including phenoxy) is 3. The van der Waals surface area contributed by atoms with Crippen LogP contribution < -0.4 is 19.5 Å². The van der Waals surface area contributed by atoms with E-state index in [-0.39, 0.29) is 22.7 Å². The van der Waals surface area contributed by atoms with Crippen LogP contribution in [0, 0.1) is 0 Å². The van der Waals surface area contributed by atoms with Crippen molar-refractivity contribution in [3.05, 3.63) is 42.1 Å². The number of hydrogen-bond acceptors (Lipinski definition) is 5. The number of pyridine rings is 1. The van der Waals surface area contributed by atoms with Gasteiger partial charge in [-0.15, -0.1) is 0 Å². The van der Waals surface area contributed by atoms with Gasteiger partial charge >= 0.3 is 12.8 Å². The van der Waals surface area contributed by atoms with Gasteiger partial charge in [0.1, 0.15) is 5.56 Å². The SMILES string of the molecule is COc1ccc(NC(=O)c2cccnc2OCC(F)(F)F)cc1OC(F)F. The highest BCUT2D eigenvalue weighted by Gasteiger charge is 2.29. The van der Waals surface area contributed by atoms with Crippen molar-refractivity contribution in [2.24, 2.45) is 0 Å². The molecule has 0 bridgehead atoms. The molecule has 2 rings (SSSR count). The Labute approximate surface area is 149 Å². The van der Waals surface area contributed by atoms with E-state index in [1.807, 2.05) is 0 Å². The first-order chi connectivity index (χ1) is 12.7. The minimum atomic E-state index is -4.61. The van der Waals surface area contributed by atoms with E-state index in [1.165, 1.54) is 31.4 Å². The molecule has 2 aromatic rings. The molecule has 0 aliphatic rings. The molecule has 0 unspecified atom stereocenters. The number of carbonyl (C=O) groups is 1. The second-order valence-corrected chi connectivity index (χ2v) is 4.96. The lowest BCUT2D eigenvalue weighted by Crippen LogP contribution is -2.22. The van der Waals surface area contributed by atoms with Crippen LogP contribution in [-0.4, -0.2) is 37.4 Å². The molecule has 0 saturated heterocycles. The number of methoxy groups -OCH3 is 1. The maximum absolute atomic E-state index is 12.4. The summed E-state index contributed by atoms with van der Waals surface area (Å²) in [7, 11) is 1.24. The number of rotatable bonds is 7. The third kappa shape index (κ3) is 5.97. The third-order valence-electron chi connectivity index (χ3n) is 3.03. The van der Waals surface area contributed by atoms with Crippen LogP contribution >= 0.6 is 0 Å². The smallest absolute Gasteiger partial charge is 0.422 e. The summed E-state index contributed by atoms with van der Waals surface area (Å²) in [5.74, 6) is -1.70. The van der Waals surface area contributed by atoms with Crippen molar-refractivity contribution in [1.29, 1.82) is 0 Å². The number of nitrogens with zero attached hydrogens (tertiary/aromatic N) is 1. The van der Waals surface area contributed by atoms with Gasteiger partial charge in [-0.2, -0.15) is 22.0 Å². The maximum atomic E-state index is 12.4. The van der Waals surface area contributed by atoms with Crippen molar-refractivity contribution < 1.29 is 41.0 Å². The number of hydrogen-bond donors (Lipinski definition) is 1. The van der Waals surface area contributed by atoms with E-state index in [1.54, 1.807) is 0 Å². The number of amides is 1. The number of nitrogens with one attached hydrogen (secondary N) is 1. The fourth-order valence-corrected chi connectivity index (χ4v) is 1.97. The number of anilines is 1. The van der Waals surface area contributed by atoms with Crippen molar-refractivity contribution in [2.75, 3.05) is 19.0 Å². The van der Waals surface area contributed by atoms with E-state index >= 15 is 0 Å². The zero-order chi connectivity index (χ0) is 20.0. The van der Waals surface area contributed by atoms with E-state index in [2.05, 4.69) is 19.8 Å².